The van der Waals surface area contributed by atoms with Crippen molar-refractivity contribution < 1.29 is 0 Å². The van der Waals surface area contributed by atoms with Crippen molar-refractivity contribution in [1.82, 2.24) is 24.7 Å². The van der Waals surface area contributed by atoms with Gasteiger partial charge < -0.3 is 9.97 Å². The summed E-state index contributed by atoms with van der Waals surface area (Å²) >= 11 is 1.84. The average Bonchev–Trinajstić information content (AvgIpc) is 3.55. The highest BCUT2D eigenvalue weighted by atomic mass is 32.1. The molecule has 4 N–H and O–H groups in total. The quantitative estimate of drug-likeness (QED) is 0.171. The molecule has 2 aliphatic rings. The molecule has 0 spiro atoms. The number of benzene rings is 5. The summed E-state index contributed by atoms with van der Waals surface area (Å²) in [6, 6.07) is 37.0. The summed E-state index contributed by atoms with van der Waals surface area (Å²) in [5, 5.41) is 14.7. The van der Waals surface area contributed by atoms with Gasteiger partial charge in [0, 0.05) is 48.9 Å². The zero-order valence-corrected chi connectivity index (χ0v) is 22.1. The fourth-order valence-corrected chi connectivity index (χ4v) is 7.46. The number of nitrogens with zero attached hydrogens (tertiary/aromatic N) is 1. The smallest absolute Gasteiger partial charge is 0.156 e. The number of aromatic nitrogens is 5. The second-order valence-corrected chi connectivity index (χ2v) is 11.2. The van der Waals surface area contributed by atoms with Crippen molar-refractivity contribution in [2.45, 2.75) is 0 Å². The van der Waals surface area contributed by atoms with Gasteiger partial charge in [-0.3, -0.25) is 14.8 Å². The predicted molar refractivity (Wildman–Crippen MR) is 168 cm³/mol. The fraction of sp³-hybridized carbons (Fsp3) is 0. The van der Waals surface area contributed by atoms with Gasteiger partial charge in [-0.2, -0.15) is 0 Å². The summed E-state index contributed by atoms with van der Waals surface area (Å²) in [4.78, 5) is 7.11. The van der Waals surface area contributed by atoms with Crippen LogP contribution in [-0.4, -0.2) is 24.7 Å². The average molecular weight is 534 g/mol. The van der Waals surface area contributed by atoms with Gasteiger partial charge in [-0.25, -0.2) is 0 Å². The molecule has 0 saturated heterocycles. The monoisotopic (exact) mass is 533 g/mol. The molecule has 0 saturated carbocycles. The van der Waals surface area contributed by atoms with E-state index in [1.54, 1.807) is 0 Å². The molecule has 0 unspecified atom stereocenters. The second kappa shape index (κ2) is 8.15. The van der Waals surface area contributed by atoms with Gasteiger partial charge in [0.1, 0.15) is 5.69 Å². The van der Waals surface area contributed by atoms with Crippen molar-refractivity contribution >= 4 is 64.1 Å². The number of rotatable bonds is 2. The van der Waals surface area contributed by atoms with Gasteiger partial charge in [0.05, 0.1) is 22.4 Å². The molecule has 190 valence electrons. The Morgan fingerprint density at radius 2 is 1.25 bits per heavy atom. The van der Waals surface area contributed by atoms with Crippen LogP contribution < -0.4 is 0 Å². The minimum atomic E-state index is 0.945. The van der Waals surface area contributed by atoms with E-state index in [0.717, 1.165) is 39.5 Å². The number of nitrogens with one attached hydrogen (secondary N) is 4. The van der Waals surface area contributed by atoms with Gasteiger partial charge in [-0.15, -0.1) is 11.3 Å². The number of thiophene rings is 1. The lowest BCUT2D eigenvalue weighted by Crippen LogP contribution is -2.08. The Hall–Kier alpha value is -5.20. The van der Waals surface area contributed by atoms with Crippen LogP contribution in [0.1, 0.15) is 0 Å². The largest absolute Gasteiger partial charge is 0.357 e. The highest BCUT2D eigenvalue weighted by Gasteiger charge is 2.22. The topological polar surface area (TPSA) is 68.1 Å². The van der Waals surface area contributed by atoms with Crippen molar-refractivity contribution in [1.29, 1.82) is 0 Å². The van der Waals surface area contributed by atoms with E-state index in [1.807, 2.05) is 23.7 Å². The Morgan fingerprint density at radius 1 is 0.525 bits per heavy atom. The normalized spacial score (nSPS) is 12.0. The lowest BCUT2D eigenvalue weighted by atomic mass is 10.0. The minimum Gasteiger partial charge on any atom is -0.357 e. The zero-order chi connectivity index (χ0) is 26.2. The third-order valence-corrected chi connectivity index (χ3v) is 9.24. The van der Waals surface area contributed by atoms with E-state index >= 15 is 0 Å². The SMILES string of the molecule is c1ccc2cc3c(cc2c1)c1ccccc1n3-c1[nH][nH]c(-c2cccc3c2sc2ccccc23)c2[nH]cc[nH]c1-2. The van der Waals surface area contributed by atoms with E-state index in [-0.39, 0.29) is 0 Å². The van der Waals surface area contributed by atoms with Gasteiger partial charge >= 0.3 is 0 Å². The Kier molecular flexibility index (Phi) is 4.42. The van der Waals surface area contributed by atoms with E-state index < -0.39 is 0 Å². The van der Waals surface area contributed by atoms with Crippen LogP contribution in [0.4, 0.5) is 0 Å². The first-order valence-electron chi connectivity index (χ1n) is 13.4. The summed E-state index contributed by atoms with van der Waals surface area (Å²) in [5.74, 6) is 0.945. The molecule has 40 heavy (non-hydrogen) atoms. The first kappa shape index (κ1) is 21.7. The first-order valence-corrected chi connectivity index (χ1v) is 14.2. The van der Waals surface area contributed by atoms with Crippen molar-refractivity contribution in [3.8, 4) is 28.5 Å². The van der Waals surface area contributed by atoms with E-state index in [0.29, 0.717) is 0 Å². The highest BCUT2D eigenvalue weighted by molar-refractivity contribution is 7.26. The maximum Gasteiger partial charge on any atom is 0.156 e. The Balaban J connectivity index is 1.36. The molecule has 0 atom stereocenters. The molecule has 4 heterocycles. The molecule has 9 rings (SSSR count). The van der Waals surface area contributed by atoms with E-state index in [4.69, 9.17) is 0 Å². The fourth-order valence-electron chi connectivity index (χ4n) is 6.23. The molecule has 0 aliphatic carbocycles. The van der Waals surface area contributed by atoms with Crippen molar-refractivity contribution in [2.75, 3.05) is 0 Å². The highest BCUT2D eigenvalue weighted by Crippen LogP contribution is 2.43. The molecule has 0 fully saturated rings. The lowest BCUT2D eigenvalue weighted by Gasteiger charge is -2.19. The Bertz CT molecular complexity index is 2400. The Morgan fingerprint density at radius 3 is 2.15 bits per heavy atom. The molecule has 0 amide bonds. The molecular weight excluding hydrogens is 510 g/mol. The van der Waals surface area contributed by atoms with Gasteiger partial charge in [0.2, 0.25) is 0 Å². The molecule has 0 bridgehead atoms. The molecule has 5 nitrogen and oxygen atoms in total. The molecule has 0 radical (unpaired) electrons. The first-order chi connectivity index (χ1) is 19.8. The van der Waals surface area contributed by atoms with Crippen LogP contribution in [0.5, 0.6) is 0 Å². The van der Waals surface area contributed by atoms with Crippen molar-refractivity contribution in [3.63, 3.8) is 0 Å². The summed E-state index contributed by atoms with van der Waals surface area (Å²) in [6.07, 6.45) is 3.90. The summed E-state index contributed by atoms with van der Waals surface area (Å²) in [6.45, 7) is 0. The van der Waals surface area contributed by atoms with E-state index in [1.165, 1.54) is 41.7 Å². The van der Waals surface area contributed by atoms with Crippen LogP contribution in [0.3, 0.4) is 0 Å². The number of H-pyrrole nitrogens is 4. The van der Waals surface area contributed by atoms with Crippen LogP contribution in [-0.2, 0) is 0 Å². The maximum atomic E-state index is 3.60. The lowest BCUT2D eigenvalue weighted by molar-refractivity contribution is 0.936. The number of hydrogen-bond donors (Lipinski definition) is 4. The third kappa shape index (κ3) is 2.96. The number of aromatic amines is 4. The minimum absolute atomic E-state index is 0.945. The molecule has 6 heteroatoms. The third-order valence-electron chi connectivity index (χ3n) is 8.02. The van der Waals surface area contributed by atoms with Gasteiger partial charge in [0.15, 0.2) is 5.82 Å². The summed E-state index contributed by atoms with van der Waals surface area (Å²) in [7, 11) is 0. The summed E-state index contributed by atoms with van der Waals surface area (Å²) < 4.78 is 4.88. The van der Waals surface area contributed by atoms with Crippen LogP contribution in [0.25, 0.3) is 81.2 Å². The molecular formula is C34H23N5S. The number of para-hydroxylation sites is 1. The van der Waals surface area contributed by atoms with Gasteiger partial charge in [-0.05, 0) is 35.0 Å². The molecule has 2 aromatic heterocycles. The van der Waals surface area contributed by atoms with Crippen molar-refractivity contribution in [3.05, 3.63) is 116 Å². The molecule has 2 aliphatic heterocycles. The summed E-state index contributed by atoms with van der Waals surface area (Å²) in [5.41, 5.74) is 6.48. The number of fused-ring (bicyclic) bond motifs is 8. The standard InChI is InChI=1S/C34H23N5S/c1-2-9-21-19-28-26(18-20(21)8-1)22-10-3-5-14-27(22)39(28)34-32-31(35-16-17-36-32)30(37-38-34)25-13-7-12-24-23-11-4-6-15-29(23)40-33(24)25/h1-19,35-38H. The second-order valence-electron chi connectivity index (χ2n) is 10.2. The number of hydrogen-bond acceptors (Lipinski definition) is 1. The Labute approximate surface area is 232 Å². The zero-order valence-electron chi connectivity index (χ0n) is 21.3. The van der Waals surface area contributed by atoms with Crippen LogP contribution >= 0.6 is 11.3 Å². The van der Waals surface area contributed by atoms with Crippen molar-refractivity contribution in [2.24, 2.45) is 0 Å². The molecule has 5 aromatic carbocycles. The van der Waals surface area contributed by atoms with Crippen LogP contribution in [0, 0.1) is 0 Å². The van der Waals surface area contributed by atoms with Crippen LogP contribution in [0.2, 0.25) is 0 Å². The van der Waals surface area contributed by atoms with Gasteiger partial charge in [0.25, 0.3) is 0 Å². The van der Waals surface area contributed by atoms with Crippen LogP contribution in [0.15, 0.2) is 116 Å². The molecule has 7 aromatic rings. The van der Waals surface area contributed by atoms with E-state index in [9.17, 15) is 0 Å². The van der Waals surface area contributed by atoms with Gasteiger partial charge in [-0.1, -0.05) is 78.9 Å². The van der Waals surface area contributed by atoms with E-state index in [2.05, 4.69) is 128 Å². The maximum absolute atomic E-state index is 3.60. The predicted octanol–water partition coefficient (Wildman–Crippen LogP) is 9.51.